The van der Waals surface area contributed by atoms with Gasteiger partial charge in [-0.3, -0.25) is 14.4 Å². The normalized spacial score (nSPS) is 24.0. The Morgan fingerprint density at radius 3 is 2.59 bits per heavy atom. The smallest absolute Gasteiger partial charge is 0.305 e. The topological polar surface area (TPSA) is 105 Å². The number of ether oxygens (including phenoxy) is 1. The van der Waals surface area contributed by atoms with Crippen molar-refractivity contribution in [3.8, 4) is 0 Å². The zero-order valence-electron chi connectivity index (χ0n) is 20.0. The van der Waals surface area contributed by atoms with Crippen LogP contribution in [0.5, 0.6) is 0 Å². The maximum Gasteiger partial charge on any atom is 0.305 e. The van der Waals surface area contributed by atoms with Crippen molar-refractivity contribution in [2.24, 2.45) is 5.92 Å². The van der Waals surface area contributed by atoms with E-state index in [0.29, 0.717) is 19.3 Å². The highest BCUT2D eigenvalue weighted by atomic mass is 16.5. The van der Waals surface area contributed by atoms with E-state index in [1.807, 2.05) is 42.5 Å². The van der Waals surface area contributed by atoms with Gasteiger partial charge in [-0.05, 0) is 50.5 Å². The predicted molar refractivity (Wildman–Crippen MR) is 130 cm³/mol. The minimum absolute atomic E-state index is 0.0514. The number of nitrogens with one attached hydrogen (secondary N) is 2. The fourth-order valence-electron chi connectivity index (χ4n) is 4.77. The predicted octanol–water partition coefficient (Wildman–Crippen LogP) is 3.21. The molecule has 186 valence electrons. The number of carbonyl (C=O) groups is 3. The van der Waals surface area contributed by atoms with Crippen LogP contribution in [0.15, 0.2) is 42.5 Å². The van der Waals surface area contributed by atoms with Gasteiger partial charge in [-0.15, -0.1) is 0 Å². The lowest BCUT2D eigenvalue weighted by molar-refractivity contribution is -0.145. The maximum atomic E-state index is 13.3. The molecule has 2 amide bonds. The number of hydrogen-bond donors (Lipinski definition) is 3. The number of hydrogen-bond acceptors (Lipinski definition) is 5. The van der Waals surface area contributed by atoms with Crippen molar-refractivity contribution in [3.63, 3.8) is 0 Å². The van der Waals surface area contributed by atoms with Crippen LogP contribution < -0.4 is 10.6 Å². The standard InChI is InChI=1S/C27H38N2O5/c30-20-27(15-9-10-16-27)29-24(31)18-22-13-7-2-1-3-8-14-25(32)34-19-23(28-26(22)33)17-21-11-5-4-6-12-21/h2,4-7,11-12,22-23,30H,1,3,8-10,13-20H2,(H,28,33)(H,29,31)/t22-,23-/m1/s1. The Labute approximate surface area is 202 Å². The molecule has 7 nitrogen and oxygen atoms in total. The van der Waals surface area contributed by atoms with Crippen LogP contribution in [-0.4, -0.2) is 47.7 Å². The molecule has 0 unspecified atom stereocenters. The number of amides is 2. The van der Waals surface area contributed by atoms with Crippen LogP contribution in [0.25, 0.3) is 0 Å². The van der Waals surface area contributed by atoms with Crippen molar-refractivity contribution in [3.05, 3.63) is 48.0 Å². The maximum absolute atomic E-state index is 13.3. The molecule has 0 spiro atoms. The fraction of sp³-hybridized carbons (Fsp3) is 0.593. The quantitative estimate of drug-likeness (QED) is 0.437. The molecule has 0 radical (unpaired) electrons. The summed E-state index contributed by atoms with van der Waals surface area (Å²) < 4.78 is 5.47. The lowest BCUT2D eigenvalue weighted by Crippen LogP contribution is -2.50. The average Bonchev–Trinajstić information content (AvgIpc) is 3.30. The molecule has 3 rings (SSSR count). The van der Waals surface area contributed by atoms with Crippen LogP contribution in [0.3, 0.4) is 0 Å². The van der Waals surface area contributed by atoms with E-state index in [0.717, 1.165) is 50.5 Å². The van der Waals surface area contributed by atoms with Gasteiger partial charge in [0.1, 0.15) is 6.61 Å². The molecule has 34 heavy (non-hydrogen) atoms. The Balaban J connectivity index is 1.71. The van der Waals surface area contributed by atoms with Gasteiger partial charge in [0.25, 0.3) is 0 Å². The van der Waals surface area contributed by atoms with E-state index in [-0.39, 0.29) is 43.5 Å². The third kappa shape index (κ3) is 8.28. The van der Waals surface area contributed by atoms with Crippen molar-refractivity contribution in [1.82, 2.24) is 10.6 Å². The van der Waals surface area contributed by atoms with Gasteiger partial charge >= 0.3 is 5.97 Å². The van der Waals surface area contributed by atoms with E-state index >= 15 is 0 Å². The number of esters is 1. The number of aliphatic hydroxyl groups is 1. The molecule has 1 aliphatic carbocycles. The Hall–Kier alpha value is -2.67. The highest BCUT2D eigenvalue weighted by molar-refractivity contribution is 5.86. The van der Waals surface area contributed by atoms with Crippen LogP contribution in [0.1, 0.15) is 69.8 Å². The average molecular weight is 471 g/mol. The molecule has 3 N–H and O–H groups in total. The van der Waals surface area contributed by atoms with Gasteiger partial charge in [0.15, 0.2) is 0 Å². The first-order valence-corrected chi connectivity index (χ1v) is 12.6. The number of carbonyl (C=O) groups excluding carboxylic acids is 3. The molecule has 1 aliphatic heterocycles. The summed E-state index contributed by atoms with van der Waals surface area (Å²) in [6.45, 7) is 0.0157. The number of rotatable bonds is 6. The van der Waals surface area contributed by atoms with E-state index in [1.165, 1.54) is 0 Å². The van der Waals surface area contributed by atoms with E-state index in [1.54, 1.807) is 0 Å². The highest BCUT2D eigenvalue weighted by Gasteiger charge is 2.35. The first kappa shape index (κ1) is 25.9. The molecular weight excluding hydrogens is 432 g/mol. The summed E-state index contributed by atoms with van der Waals surface area (Å²) in [6.07, 6.45) is 11.3. The lowest BCUT2D eigenvalue weighted by Gasteiger charge is -2.29. The van der Waals surface area contributed by atoms with Gasteiger partial charge in [-0.1, -0.05) is 55.3 Å². The molecular formula is C27H38N2O5. The Kier molecular flexibility index (Phi) is 10.1. The minimum Gasteiger partial charge on any atom is -0.463 e. The summed E-state index contributed by atoms with van der Waals surface area (Å²) in [5.74, 6) is -1.23. The second kappa shape index (κ2) is 13.3. The highest BCUT2D eigenvalue weighted by Crippen LogP contribution is 2.29. The SMILES string of the molecule is O=C(C[C@H]1CC=CCCCCC(=O)OC[C@@H](Cc2ccccc2)NC1=O)NC1(CO)CCCC1. The minimum atomic E-state index is -0.561. The molecule has 1 fully saturated rings. The largest absolute Gasteiger partial charge is 0.463 e. The number of cyclic esters (lactones) is 1. The fourth-order valence-corrected chi connectivity index (χ4v) is 4.77. The van der Waals surface area contributed by atoms with Gasteiger partial charge in [0, 0.05) is 12.8 Å². The van der Waals surface area contributed by atoms with Crippen molar-refractivity contribution in [1.29, 1.82) is 0 Å². The van der Waals surface area contributed by atoms with E-state index in [9.17, 15) is 19.5 Å². The molecule has 0 saturated heterocycles. The van der Waals surface area contributed by atoms with Crippen LogP contribution in [0, 0.1) is 5.92 Å². The molecule has 2 atom stereocenters. The molecule has 0 aromatic heterocycles. The summed E-state index contributed by atoms with van der Waals surface area (Å²) in [7, 11) is 0. The molecule has 1 saturated carbocycles. The van der Waals surface area contributed by atoms with Crippen molar-refractivity contribution in [2.75, 3.05) is 13.2 Å². The van der Waals surface area contributed by atoms with Crippen LogP contribution in [0.4, 0.5) is 0 Å². The van der Waals surface area contributed by atoms with Crippen molar-refractivity contribution >= 4 is 17.8 Å². The Morgan fingerprint density at radius 1 is 1.09 bits per heavy atom. The summed E-state index contributed by atoms with van der Waals surface area (Å²) in [4.78, 5) is 38.3. The molecule has 1 heterocycles. The summed E-state index contributed by atoms with van der Waals surface area (Å²) in [5.41, 5.74) is 0.472. The number of aliphatic hydroxyl groups excluding tert-OH is 1. The molecule has 0 bridgehead atoms. The van der Waals surface area contributed by atoms with Gasteiger partial charge in [0.2, 0.25) is 11.8 Å². The van der Waals surface area contributed by atoms with E-state index < -0.39 is 11.5 Å². The monoisotopic (exact) mass is 470 g/mol. The first-order chi connectivity index (χ1) is 16.5. The molecule has 1 aromatic rings. The summed E-state index contributed by atoms with van der Waals surface area (Å²) >= 11 is 0. The van der Waals surface area contributed by atoms with Gasteiger partial charge in [0.05, 0.1) is 24.1 Å². The van der Waals surface area contributed by atoms with E-state index in [4.69, 9.17) is 4.74 Å². The van der Waals surface area contributed by atoms with Gasteiger partial charge in [-0.25, -0.2) is 0 Å². The Morgan fingerprint density at radius 2 is 1.85 bits per heavy atom. The second-order valence-corrected chi connectivity index (χ2v) is 9.63. The third-order valence-electron chi connectivity index (χ3n) is 6.78. The number of benzene rings is 1. The van der Waals surface area contributed by atoms with Crippen molar-refractivity contribution < 1.29 is 24.2 Å². The summed E-state index contributed by atoms with van der Waals surface area (Å²) in [6, 6.07) is 9.37. The van der Waals surface area contributed by atoms with E-state index in [2.05, 4.69) is 10.6 Å². The van der Waals surface area contributed by atoms with Gasteiger partial charge in [-0.2, -0.15) is 0 Å². The molecule has 2 aliphatic rings. The van der Waals surface area contributed by atoms with Crippen LogP contribution in [-0.2, 0) is 25.5 Å². The van der Waals surface area contributed by atoms with Crippen LogP contribution >= 0.6 is 0 Å². The molecule has 1 aromatic carbocycles. The Bertz CT molecular complexity index is 833. The second-order valence-electron chi connectivity index (χ2n) is 9.63. The zero-order valence-corrected chi connectivity index (χ0v) is 20.0. The first-order valence-electron chi connectivity index (χ1n) is 12.6. The third-order valence-corrected chi connectivity index (χ3v) is 6.78. The summed E-state index contributed by atoms with van der Waals surface area (Å²) in [5, 5.41) is 15.9. The van der Waals surface area contributed by atoms with Crippen molar-refractivity contribution in [2.45, 2.75) is 82.2 Å². The number of allylic oxidation sites excluding steroid dienone is 2. The van der Waals surface area contributed by atoms with Gasteiger partial charge < -0.3 is 20.5 Å². The molecule has 7 heteroatoms. The lowest BCUT2D eigenvalue weighted by atomic mass is 9.95. The van der Waals surface area contributed by atoms with Crippen LogP contribution in [0.2, 0.25) is 0 Å². The zero-order chi connectivity index (χ0) is 24.2.